The predicted octanol–water partition coefficient (Wildman–Crippen LogP) is 3.55. The molecule has 0 aliphatic carbocycles. The number of nitrogens with one attached hydrogen (secondary N) is 2. The van der Waals surface area contributed by atoms with E-state index in [1.54, 1.807) is 12.3 Å². The summed E-state index contributed by atoms with van der Waals surface area (Å²) in [6.07, 6.45) is 1.70. The lowest BCUT2D eigenvalue weighted by Gasteiger charge is -2.06. The number of carbonyl (C=O) groups excluding carboxylic acids is 1. The van der Waals surface area contributed by atoms with Crippen molar-refractivity contribution < 1.29 is 4.79 Å². The van der Waals surface area contributed by atoms with Crippen LogP contribution in [0.5, 0.6) is 0 Å². The van der Waals surface area contributed by atoms with Crippen LogP contribution in [-0.4, -0.2) is 16.6 Å². The summed E-state index contributed by atoms with van der Waals surface area (Å²) in [5.41, 5.74) is 7.18. The molecule has 0 saturated carbocycles. The summed E-state index contributed by atoms with van der Waals surface area (Å²) in [6.45, 7) is 5.96. The number of hydrogen-bond acceptors (Lipinski definition) is 2. The fourth-order valence-electron chi connectivity index (χ4n) is 1.97. The van der Waals surface area contributed by atoms with E-state index in [1.165, 1.54) is 5.56 Å². The van der Waals surface area contributed by atoms with Crippen molar-refractivity contribution in [2.24, 2.45) is 5.10 Å². The van der Waals surface area contributed by atoms with Crippen LogP contribution in [0.25, 0.3) is 0 Å². The molecule has 1 heterocycles. The number of halogens is 1. The number of aryl methyl sites for hydroxylation is 2. The molecule has 0 radical (unpaired) electrons. The second kappa shape index (κ2) is 6.05. The average molecular weight is 334 g/mol. The van der Waals surface area contributed by atoms with Gasteiger partial charge in [-0.05, 0) is 48.3 Å². The van der Waals surface area contributed by atoms with Crippen molar-refractivity contribution in [3.05, 3.63) is 57.3 Å². The number of amides is 1. The molecular weight excluding hydrogens is 318 g/mol. The third kappa shape index (κ3) is 3.36. The molecule has 1 aromatic carbocycles. The molecule has 0 fully saturated rings. The normalized spacial score (nSPS) is 11.5. The third-order valence-corrected chi connectivity index (χ3v) is 3.45. The Bertz CT molecular complexity index is 674. The van der Waals surface area contributed by atoms with Crippen LogP contribution < -0.4 is 5.43 Å². The summed E-state index contributed by atoms with van der Waals surface area (Å²) < 4.78 is 0.831. The summed E-state index contributed by atoms with van der Waals surface area (Å²) in [4.78, 5) is 14.7. The number of rotatable bonds is 3. The molecule has 0 bridgehead atoms. The van der Waals surface area contributed by atoms with Crippen LogP contribution in [0.15, 0.2) is 40.0 Å². The minimum atomic E-state index is -0.264. The minimum absolute atomic E-state index is 0.264. The number of aromatic amines is 1. The fraction of sp³-hybridized carbons (Fsp3) is 0.200. The molecule has 1 aromatic heterocycles. The van der Waals surface area contributed by atoms with Gasteiger partial charge in [-0.25, -0.2) is 5.43 Å². The minimum Gasteiger partial charge on any atom is -0.356 e. The fourth-order valence-corrected chi connectivity index (χ4v) is 2.32. The lowest BCUT2D eigenvalue weighted by Crippen LogP contribution is -2.19. The Balaban J connectivity index is 2.13. The van der Waals surface area contributed by atoms with Crippen LogP contribution in [-0.2, 0) is 0 Å². The molecule has 20 heavy (non-hydrogen) atoms. The van der Waals surface area contributed by atoms with Gasteiger partial charge >= 0.3 is 0 Å². The highest BCUT2D eigenvalue weighted by molar-refractivity contribution is 9.10. The maximum Gasteiger partial charge on any atom is 0.287 e. The number of hydrogen-bond donors (Lipinski definition) is 2. The van der Waals surface area contributed by atoms with Crippen molar-refractivity contribution >= 4 is 27.5 Å². The first-order valence-corrected chi connectivity index (χ1v) is 7.03. The van der Waals surface area contributed by atoms with Gasteiger partial charge in [0.1, 0.15) is 5.69 Å². The summed E-state index contributed by atoms with van der Waals surface area (Å²) in [7, 11) is 0. The highest BCUT2D eigenvalue weighted by atomic mass is 79.9. The van der Waals surface area contributed by atoms with E-state index >= 15 is 0 Å². The molecule has 104 valence electrons. The number of aromatic nitrogens is 1. The van der Waals surface area contributed by atoms with Gasteiger partial charge in [-0.3, -0.25) is 4.79 Å². The SMILES string of the molecule is C/C(=N/NC(=O)c1cc(Br)c[nH]1)c1ccc(C)cc1C. The van der Waals surface area contributed by atoms with Crippen molar-refractivity contribution in [2.45, 2.75) is 20.8 Å². The Morgan fingerprint density at radius 2 is 2.05 bits per heavy atom. The standard InChI is InChI=1S/C15H16BrN3O/c1-9-4-5-13(10(2)6-9)11(3)18-19-15(20)14-7-12(16)8-17-14/h4-8,17H,1-3H3,(H,19,20)/b18-11-. The zero-order valence-corrected chi connectivity index (χ0v) is 13.2. The molecule has 0 unspecified atom stereocenters. The second-order valence-corrected chi connectivity index (χ2v) is 5.60. The number of nitrogens with zero attached hydrogens (tertiary/aromatic N) is 1. The van der Waals surface area contributed by atoms with E-state index < -0.39 is 0 Å². The third-order valence-electron chi connectivity index (χ3n) is 2.99. The first-order valence-electron chi connectivity index (χ1n) is 6.23. The Morgan fingerprint density at radius 3 is 2.65 bits per heavy atom. The Hall–Kier alpha value is -1.88. The zero-order valence-electron chi connectivity index (χ0n) is 11.6. The molecule has 5 heteroatoms. The summed E-state index contributed by atoms with van der Waals surface area (Å²) in [5.74, 6) is -0.264. The first-order chi connectivity index (χ1) is 9.47. The van der Waals surface area contributed by atoms with Crippen LogP contribution in [0.2, 0.25) is 0 Å². The smallest absolute Gasteiger partial charge is 0.287 e. The molecule has 0 saturated heterocycles. The van der Waals surface area contributed by atoms with E-state index in [9.17, 15) is 4.79 Å². The predicted molar refractivity (Wildman–Crippen MR) is 84.1 cm³/mol. The van der Waals surface area contributed by atoms with Crippen LogP contribution in [0.1, 0.15) is 34.1 Å². The molecule has 2 N–H and O–H groups in total. The van der Waals surface area contributed by atoms with Crippen molar-refractivity contribution in [1.82, 2.24) is 10.4 Å². The largest absolute Gasteiger partial charge is 0.356 e. The molecular formula is C15H16BrN3O. The number of hydrazone groups is 1. The number of H-pyrrole nitrogens is 1. The molecule has 4 nitrogen and oxygen atoms in total. The first kappa shape index (κ1) is 14.5. The molecule has 1 amide bonds. The molecule has 2 aromatic rings. The van der Waals surface area contributed by atoms with Gasteiger partial charge in [-0.1, -0.05) is 23.8 Å². The molecule has 0 atom stereocenters. The van der Waals surface area contributed by atoms with Gasteiger partial charge in [0.15, 0.2) is 0 Å². The van der Waals surface area contributed by atoms with E-state index in [0.717, 1.165) is 21.3 Å². The second-order valence-electron chi connectivity index (χ2n) is 4.69. The zero-order chi connectivity index (χ0) is 14.7. The maximum absolute atomic E-state index is 11.9. The van der Waals surface area contributed by atoms with Crippen molar-refractivity contribution in [3.63, 3.8) is 0 Å². The van der Waals surface area contributed by atoms with E-state index in [-0.39, 0.29) is 5.91 Å². The Labute approximate surface area is 126 Å². The monoisotopic (exact) mass is 333 g/mol. The quantitative estimate of drug-likeness (QED) is 0.655. The van der Waals surface area contributed by atoms with Crippen molar-refractivity contribution in [2.75, 3.05) is 0 Å². The highest BCUT2D eigenvalue weighted by Crippen LogP contribution is 2.12. The van der Waals surface area contributed by atoms with Crippen LogP contribution in [0.4, 0.5) is 0 Å². The van der Waals surface area contributed by atoms with E-state index in [0.29, 0.717) is 5.69 Å². The summed E-state index contributed by atoms with van der Waals surface area (Å²) in [5, 5.41) is 4.15. The average Bonchev–Trinajstić information content (AvgIpc) is 2.82. The topological polar surface area (TPSA) is 57.2 Å². The van der Waals surface area contributed by atoms with E-state index in [4.69, 9.17) is 0 Å². The van der Waals surface area contributed by atoms with Crippen LogP contribution in [0.3, 0.4) is 0 Å². The highest BCUT2D eigenvalue weighted by Gasteiger charge is 2.07. The Morgan fingerprint density at radius 1 is 1.30 bits per heavy atom. The van der Waals surface area contributed by atoms with Crippen molar-refractivity contribution in [3.8, 4) is 0 Å². The van der Waals surface area contributed by atoms with E-state index in [2.05, 4.69) is 37.5 Å². The van der Waals surface area contributed by atoms with Crippen LogP contribution >= 0.6 is 15.9 Å². The van der Waals surface area contributed by atoms with E-state index in [1.807, 2.05) is 32.9 Å². The molecule has 0 aliphatic heterocycles. The van der Waals surface area contributed by atoms with Gasteiger partial charge in [-0.15, -0.1) is 0 Å². The number of carbonyl (C=O) groups is 1. The van der Waals surface area contributed by atoms with Gasteiger partial charge in [0, 0.05) is 16.2 Å². The van der Waals surface area contributed by atoms with Gasteiger partial charge in [0.2, 0.25) is 0 Å². The van der Waals surface area contributed by atoms with Crippen LogP contribution in [0, 0.1) is 13.8 Å². The summed E-state index contributed by atoms with van der Waals surface area (Å²) >= 11 is 3.29. The molecule has 2 rings (SSSR count). The molecule has 0 spiro atoms. The van der Waals surface area contributed by atoms with Gasteiger partial charge < -0.3 is 4.98 Å². The summed E-state index contributed by atoms with van der Waals surface area (Å²) in [6, 6.07) is 7.85. The molecule has 0 aliphatic rings. The maximum atomic E-state index is 11.9. The van der Waals surface area contributed by atoms with Gasteiger partial charge in [0.05, 0.1) is 5.71 Å². The number of benzene rings is 1. The lowest BCUT2D eigenvalue weighted by molar-refractivity contribution is 0.0950. The Kier molecular flexibility index (Phi) is 4.39. The van der Waals surface area contributed by atoms with Gasteiger partial charge in [-0.2, -0.15) is 5.10 Å². The van der Waals surface area contributed by atoms with Crippen molar-refractivity contribution in [1.29, 1.82) is 0 Å². The van der Waals surface area contributed by atoms with Gasteiger partial charge in [0.25, 0.3) is 5.91 Å². The lowest BCUT2D eigenvalue weighted by atomic mass is 10.0.